The molecule has 0 bridgehead atoms. The summed E-state index contributed by atoms with van der Waals surface area (Å²) in [6, 6.07) is 22.7. The van der Waals surface area contributed by atoms with Gasteiger partial charge in [0.2, 0.25) is 5.82 Å². The minimum atomic E-state index is -0.343. The number of carbonyl (C=O) groups is 1. The first-order chi connectivity index (χ1) is 15.2. The number of ether oxygens (including phenoxy) is 1. The predicted molar refractivity (Wildman–Crippen MR) is 112 cm³/mol. The number of anilines is 1. The number of hydrogen-bond acceptors (Lipinski definition) is 5. The van der Waals surface area contributed by atoms with Crippen molar-refractivity contribution >= 4 is 11.6 Å². The fourth-order valence-electron chi connectivity index (χ4n) is 3.64. The molecule has 0 spiro atoms. The first kappa shape index (κ1) is 18.9. The maximum absolute atomic E-state index is 13.4. The van der Waals surface area contributed by atoms with E-state index < -0.39 is 0 Å². The highest BCUT2D eigenvalue weighted by Gasteiger charge is 2.33. The van der Waals surface area contributed by atoms with Crippen molar-refractivity contribution in [2.24, 2.45) is 0 Å². The number of carbonyl (C=O) groups excluding carboxylic acids is 1. The topological polar surface area (TPSA) is 73.1 Å². The van der Waals surface area contributed by atoms with Gasteiger partial charge in [-0.3, -0.25) is 9.69 Å². The molecule has 3 aromatic carbocycles. The van der Waals surface area contributed by atoms with Crippen molar-refractivity contribution in [2.45, 2.75) is 12.6 Å². The summed E-state index contributed by atoms with van der Waals surface area (Å²) in [7, 11) is 0. The van der Waals surface area contributed by atoms with Crippen LogP contribution in [0.25, 0.3) is 11.4 Å². The van der Waals surface area contributed by atoms with Crippen LogP contribution in [0.4, 0.5) is 10.1 Å². The van der Waals surface area contributed by atoms with Crippen LogP contribution < -0.4 is 9.64 Å². The number of fused-ring (bicyclic) bond motifs is 1. The molecular formula is C23H18FN5O2. The zero-order valence-electron chi connectivity index (χ0n) is 16.4. The smallest absolute Gasteiger partial charge is 0.251 e. The van der Waals surface area contributed by atoms with Gasteiger partial charge in [-0.2, -0.15) is 4.80 Å². The Balaban J connectivity index is 1.44. The van der Waals surface area contributed by atoms with E-state index in [0.717, 1.165) is 5.56 Å². The first-order valence-corrected chi connectivity index (χ1v) is 9.81. The Bertz CT molecular complexity index is 1210. The van der Waals surface area contributed by atoms with Crippen molar-refractivity contribution in [3.63, 3.8) is 0 Å². The third-order valence-electron chi connectivity index (χ3n) is 5.12. The molecule has 5 rings (SSSR count). The summed E-state index contributed by atoms with van der Waals surface area (Å²) in [5, 5.41) is 12.3. The quantitative estimate of drug-likeness (QED) is 0.509. The zero-order valence-corrected chi connectivity index (χ0v) is 16.4. The van der Waals surface area contributed by atoms with E-state index in [0.29, 0.717) is 29.4 Å². The average molecular weight is 415 g/mol. The van der Waals surface area contributed by atoms with Gasteiger partial charge in [0, 0.05) is 5.56 Å². The van der Waals surface area contributed by atoms with Crippen LogP contribution in [0.5, 0.6) is 5.75 Å². The molecular weight excluding hydrogens is 397 g/mol. The minimum absolute atomic E-state index is 0.0914. The number of halogens is 1. The molecule has 31 heavy (non-hydrogen) atoms. The second kappa shape index (κ2) is 7.98. The maximum Gasteiger partial charge on any atom is 0.251 e. The lowest BCUT2D eigenvalue weighted by Crippen LogP contribution is -2.43. The van der Waals surface area contributed by atoms with E-state index in [1.165, 1.54) is 16.9 Å². The lowest BCUT2D eigenvalue weighted by atomic mass is 10.0. The summed E-state index contributed by atoms with van der Waals surface area (Å²) < 4.78 is 19.1. The fourth-order valence-corrected chi connectivity index (χ4v) is 3.64. The van der Waals surface area contributed by atoms with Gasteiger partial charge in [0.25, 0.3) is 5.91 Å². The maximum atomic E-state index is 13.4. The Labute approximate surface area is 177 Å². The van der Waals surface area contributed by atoms with Gasteiger partial charge in [-0.1, -0.05) is 42.5 Å². The SMILES string of the molecule is O=C(Cn1nnc(-c2ccc(F)cc2)n1)N1c2ccccc2OCC1c1ccccc1. The van der Waals surface area contributed by atoms with Crippen molar-refractivity contribution in [3.8, 4) is 17.1 Å². The Kier molecular flexibility index (Phi) is 4.87. The van der Waals surface area contributed by atoms with Crippen LogP contribution in [0.3, 0.4) is 0 Å². The third-order valence-corrected chi connectivity index (χ3v) is 5.12. The van der Waals surface area contributed by atoms with E-state index in [9.17, 15) is 9.18 Å². The van der Waals surface area contributed by atoms with Crippen LogP contribution >= 0.6 is 0 Å². The van der Waals surface area contributed by atoms with Gasteiger partial charge in [-0.15, -0.1) is 10.2 Å². The third kappa shape index (κ3) is 3.75. The molecule has 1 aromatic heterocycles. The highest BCUT2D eigenvalue weighted by molar-refractivity contribution is 5.96. The molecule has 0 saturated carbocycles. The van der Waals surface area contributed by atoms with Gasteiger partial charge < -0.3 is 4.74 Å². The number of benzene rings is 3. The number of amides is 1. The molecule has 0 aliphatic carbocycles. The zero-order chi connectivity index (χ0) is 21.2. The molecule has 1 unspecified atom stereocenters. The summed E-state index contributed by atoms with van der Waals surface area (Å²) in [6.45, 7) is 0.254. The number of tetrazole rings is 1. The van der Waals surface area contributed by atoms with Gasteiger partial charge >= 0.3 is 0 Å². The number of aromatic nitrogens is 4. The van der Waals surface area contributed by atoms with Crippen LogP contribution in [0.15, 0.2) is 78.9 Å². The molecule has 8 heteroatoms. The van der Waals surface area contributed by atoms with E-state index in [-0.39, 0.29) is 24.3 Å². The summed E-state index contributed by atoms with van der Waals surface area (Å²) in [6.07, 6.45) is 0. The molecule has 0 radical (unpaired) electrons. The van der Waals surface area contributed by atoms with Crippen molar-refractivity contribution in [1.29, 1.82) is 0 Å². The van der Waals surface area contributed by atoms with Crippen molar-refractivity contribution < 1.29 is 13.9 Å². The lowest BCUT2D eigenvalue weighted by Gasteiger charge is -2.37. The number of para-hydroxylation sites is 2. The van der Waals surface area contributed by atoms with E-state index in [1.54, 1.807) is 17.0 Å². The number of nitrogens with zero attached hydrogens (tertiary/aromatic N) is 5. The lowest BCUT2D eigenvalue weighted by molar-refractivity contribution is -0.120. The predicted octanol–water partition coefficient (Wildman–Crippen LogP) is 3.65. The number of rotatable bonds is 4. The van der Waals surface area contributed by atoms with E-state index >= 15 is 0 Å². The second-order valence-electron chi connectivity index (χ2n) is 7.12. The molecule has 7 nitrogen and oxygen atoms in total. The van der Waals surface area contributed by atoms with Crippen LogP contribution in [-0.2, 0) is 11.3 Å². The fraction of sp³-hybridized carbons (Fsp3) is 0.130. The summed E-state index contributed by atoms with van der Waals surface area (Å²) in [4.78, 5) is 16.4. The molecule has 154 valence electrons. The van der Waals surface area contributed by atoms with Crippen molar-refractivity contribution in [1.82, 2.24) is 20.2 Å². The second-order valence-corrected chi connectivity index (χ2v) is 7.12. The highest BCUT2D eigenvalue weighted by Crippen LogP contribution is 2.39. The molecule has 1 atom stereocenters. The minimum Gasteiger partial charge on any atom is -0.489 e. The largest absolute Gasteiger partial charge is 0.489 e. The first-order valence-electron chi connectivity index (χ1n) is 9.81. The van der Waals surface area contributed by atoms with Gasteiger partial charge in [0.05, 0.1) is 11.7 Å². The van der Waals surface area contributed by atoms with Crippen LogP contribution in [-0.4, -0.2) is 32.7 Å². The monoisotopic (exact) mass is 415 g/mol. The van der Waals surface area contributed by atoms with Gasteiger partial charge in [-0.05, 0) is 47.2 Å². The normalized spacial score (nSPS) is 15.3. The summed E-state index contributed by atoms with van der Waals surface area (Å²) in [5.74, 6) is 0.452. The van der Waals surface area contributed by atoms with Crippen LogP contribution in [0, 0.1) is 5.82 Å². The molecule has 1 amide bonds. The molecule has 0 saturated heterocycles. The highest BCUT2D eigenvalue weighted by atomic mass is 19.1. The summed E-state index contributed by atoms with van der Waals surface area (Å²) >= 11 is 0. The van der Waals surface area contributed by atoms with Gasteiger partial charge in [0.15, 0.2) is 0 Å². The Morgan fingerprint density at radius 1 is 1.00 bits per heavy atom. The molecule has 1 aliphatic rings. The molecule has 4 aromatic rings. The standard InChI is InChI=1S/C23H18FN5O2/c24-18-12-10-17(11-13-18)23-25-27-28(26-23)14-22(30)29-19-8-4-5-9-21(19)31-15-20(29)16-6-2-1-3-7-16/h1-13,20H,14-15H2. The van der Waals surface area contributed by atoms with Gasteiger partial charge in [0.1, 0.15) is 24.7 Å². The molecule has 2 heterocycles. The van der Waals surface area contributed by atoms with Crippen LogP contribution in [0.1, 0.15) is 11.6 Å². The molecule has 0 fully saturated rings. The Morgan fingerprint density at radius 2 is 1.74 bits per heavy atom. The van der Waals surface area contributed by atoms with Crippen molar-refractivity contribution in [3.05, 3.63) is 90.2 Å². The van der Waals surface area contributed by atoms with E-state index in [2.05, 4.69) is 15.4 Å². The van der Waals surface area contributed by atoms with E-state index in [1.807, 2.05) is 54.6 Å². The number of hydrogen-bond donors (Lipinski definition) is 0. The Morgan fingerprint density at radius 3 is 2.55 bits per heavy atom. The van der Waals surface area contributed by atoms with E-state index in [4.69, 9.17) is 4.74 Å². The Hall–Kier alpha value is -4.07. The average Bonchev–Trinajstić information content (AvgIpc) is 3.27. The molecule has 1 aliphatic heterocycles. The molecule has 0 N–H and O–H groups in total. The summed E-state index contributed by atoms with van der Waals surface area (Å²) in [5.41, 5.74) is 2.30. The van der Waals surface area contributed by atoms with Crippen molar-refractivity contribution in [2.75, 3.05) is 11.5 Å². The van der Waals surface area contributed by atoms with Gasteiger partial charge in [-0.25, -0.2) is 4.39 Å². The van der Waals surface area contributed by atoms with Crippen LogP contribution in [0.2, 0.25) is 0 Å².